The minimum absolute atomic E-state index is 0.0268. The van der Waals surface area contributed by atoms with Crippen molar-refractivity contribution in [1.82, 2.24) is 15.5 Å². The van der Waals surface area contributed by atoms with Gasteiger partial charge < -0.3 is 14.5 Å². The van der Waals surface area contributed by atoms with Gasteiger partial charge in [0, 0.05) is 18.5 Å². The Labute approximate surface area is 145 Å². The van der Waals surface area contributed by atoms with E-state index in [0.717, 1.165) is 16.9 Å². The SMILES string of the molecule is COc1ccc(-c2nnc(CCNC(=O)Cc3ccccc3)o2)cc1. The molecule has 0 radical (unpaired) electrons. The van der Waals surface area contributed by atoms with Gasteiger partial charge in [0.2, 0.25) is 17.7 Å². The van der Waals surface area contributed by atoms with Crippen molar-refractivity contribution in [3.05, 3.63) is 66.1 Å². The summed E-state index contributed by atoms with van der Waals surface area (Å²) >= 11 is 0. The quantitative estimate of drug-likeness (QED) is 0.717. The third kappa shape index (κ3) is 4.67. The van der Waals surface area contributed by atoms with Gasteiger partial charge >= 0.3 is 0 Å². The van der Waals surface area contributed by atoms with E-state index < -0.39 is 0 Å². The topological polar surface area (TPSA) is 77.3 Å². The summed E-state index contributed by atoms with van der Waals surface area (Å²) in [6, 6.07) is 17.0. The molecule has 3 rings (SSSR count). The van der Waals surface area contributed by atoms with Gasteiger partial charge in [0.1, 0.15) is 5.75 Å². The molecule has 6 heteroatoms. The molecule has 25 heavy (non-hydrogen) atoms. The van der Waals surface area contributed by atoms with E-state index in [2.05, 4.69) is 15.5 Å². The molecular weight excluding hydrogens is 318 g/mol. The Kier molecular flexibility index (Phi) is 5.41. The largest absolute Gasteiger partial charge is 0.497 e. The summed E-state index contributed by atoms with van der Waals surface area (Å²) in [5.74, 6) is 1.69. The third-order valence-corrected chi connectivity index (χ3v) is 3.67. The highest BCUT2D eigenvalue weighted by Crippen LogP contribution is 2.21. The van der Waals surface area contributed by atoms with Gasteiger partial charge in [-0.25, -0.2) is 0 Å². The lowest BCUT2D eigenvalue weighted by Crippen LogP contribution is -2.27. The molecule has 1 heterocycles. The van der Waals surface area contributed by atoms with Crippen LogP contribution in [0, 0.1) is 0 Å². The van der Waals surface area contributed by atoms with Gasteiger partial charge in [-0.15, -0.1) is 10.2 Å². The van der Waals surface area contributed by atoms with Crippen LogP contribution in [0.3, 0.4) is 0 Å². The normalized spacial score (nSPS) is 10.4. The Bertz CT molecular complexity index is 813. The van der Waals surface area contributed by atoms with E-state index in [4.69, 9.17) is 9.15 Å². The van der Waals surface area contributed by atoms with Crippen LogP contribution in [0.5, 0.6) is 5.75 Å². The number of benzene rings is 2. The van der Waals surface area contributed by atoms with Crippen molar-refractivity contribution in [2.24, 2.45) is 0 Å². The molecule has 0 aliphatic carbocycles. The first-order chi connectivity index (χ1) is 12.2. The van der Waals surface area contributed by atoms with E-state index in [1.165, 1.54) is 0 Å². The summed E-state index contributed by atoms with van der Waals surface area (Å²) in [6.07, 6.45) is 0.853. The zero-order valence-electron chi connectivity index (χ0n) is 13.9. The van der Waals surface area contributed by atoms with Crippen LogP contribution in [0.25, 0.3) is 11.5 Å². The van der Waals surface area contributed by atoms with E-state index in [1.54, 1.807) is 7.11 Å². The number of aromatic nitrogens is 2. The number of rotatable bonds is 7. The lowest BCUT2D eigenvalue weighted by molar-refractivity contribution is -0.120. The smallest absolute Gasteiger partial charge is 0.247 e. The zero-order chi connectivity index (χ0) is 17.5. The first kappa shape index (κ1) is 16.7. The molecule has 6 nitrogen and oxygen atoms in total. The van der Waals surface area contributed by atoms with Crippen LogP contribution in [0.2, 0.25) is 0 Å². The molecule has 0 spiro atoms. The first-order valence-corrected chi connectivity index (χ1v) is 8.02. The maximum atomic E-state index is 11.9. The van der Waals surface area contributed by atoms with Gasteiger partial charge in [-0.1, -0.05) is 30.3 Å². The Morgan fingerprint density at radius 2 is 1.84 bits per heavy atom. The number of nitrogens with zero attached hydrogens (tertiary/aromatic N) is 2. The maximum Gasteiger partial charge on any atom is 0.247 e. The van der Waals surface area contributed by atoms with Crippen LogP contribution in [-0.4, -0.2) is 29.8 Å². The van der Waals surface area contributed by atoms with Gasteiger partial charge in [0.05, 0.1) is 13.5 Å². The number of methoxy groups -OCH3 is 1. The molecule has 0 saturated carbocycles. The monoisotopic (exact) mass is 337 g/mol. The highest BCUT2D eigenvalue weighted by atomic mass is 16.5. The van der Waals surface area contributed by atoms with Crippen molar-refractivity contribution in [3.63, 3.8) is 0 Å². The minimum Gasteiger partial charge on any atom is -0.497 e. The van der Waals surface area contributed by atoms with Crippen LogP contribution in [-0.2, 0) is 17.6 Å². The third-order valence-electron chi connectivity index (χ3n) is 3.67. The number of ether oxygens (including phenoxy) is 1. The lowest BCUT2D eigenvalue weighted by atomic mass is 10.1. The minimum atomic E-state index is -0.0268. The molecule has 0 aliphatic heterocycles. The van der Waals surface area contributed by atoms with Crippen LogP contribution >= 0.6 is 0 Å². The summed E-state index contributed by atoms with van der Waals surface area (Å²) < 4.78 is 10.8. The molecule has 0 aliphatic rings. The Hall–Kier alpha value is -3.15. The molecule has 1 aromatic heterocycles. The van der Waals surface area contributed by atoms with E-state index in [0.29, 0.717) is 31.2 Å². The van der Waals surface area contributed by atoms with Crippen LogP contribution in [0.1, 0.15) is 11.5 Å². The van der Waals surface area contributed by atoms with E-state index in [1.807, 2.05) is 54.6 Å². The fourth-order valence-corrected chi connectivity index (χ4v) is 2.36. The summed E-state index contributed by atoms with van der Waals surface area (Å²) in [7, 11) is 1.62. The summed E-state index contributed by atoms with van der Waals surface area (Å²) in [6.45, 7) is 0.454. The lowest BCUT2D eigenvalue weighted by Gasteiger charge is -2.03. The predicted octanol–water partition coefficient (Wildman–Crippen LogP) is 2.65. The van der Waals surface area contributed by atoms with Crippen molar-refractivity contribution >= 4 is 5.91 Å². The average Bonchev–Trinajstić information content (AvgIpc) is 3.11. The fourth-order valence-electron chi connectivity index (χ4n) is 2.36. The molecule has 2 aromatic carbocycles. The van der Waals surface area contributed by atoms with Crippen molar-refractivity contribution < 1.29 is 13.9 Å². The first-order valence-electron chi connectivity index (χ1n) is 8.02. The summed E-state index contributed by atoms with van der Waals surface area (Å²) in [4.78, 5) is 11.9. The molecule has 3 aromatic rings. The van der Waals surface area contributed by atoms with Gasteiger partial charge in [0.25, 0.3) is 0 Å². The molecule has 0 atom stereocenters. The Balaban J connectivity index is 1.49. The molecule has 0 fully saturated rings. The van der Waals surface area contributed by atoms with Crippen LogP contribution in [0.15, 0.2) is 59.0 Å². The summed E-state index contributed by atoms with van der Waals surface area (Å²) in [5, 5.41) is 10.9. The highest BCUT2D eigenvalue weighted by Gasteiger charge is 2.09. The van der Waals surface area contributed by atoms with Crippen molar-refractivity contribution in [1.29, 1.82) is 0 Å². The number of nitrogens with one attached hydrogen (secondary N) is 1. The van der Waals surface area contributed by atoms with Gasteiger partial charge in [-0.3, -0.25) is 4.79 Å². The van der Waals surface area contributed by atoms with Crippen molar-refractivity contribution in [3.8, 4) is 17.2 Å². The molecule has 1 N–H and O–H groups in total. The average molecular weight is 337 g/mol. The van der Waals surface area contributed by atoms with Crippen LogP contribution < -0.4 is 10.1 Å². The predicted molar refractivity (Wildman–Crippen MR) is 93.1 cm³/mol. The van der Waals surface area contributed by atoms with Crippen LogP contribution in [0.4, 0.5) is 0 Å². The van der Waals surface area contributed by atoms with E-state index >= 15 is 0 Å². The molecule has 1 amide bonds. The van der Waals surface area contributed by atoms with Gasteiger partial charge in [0.15, 0.2) is 0 Å². The molecule has 0 saturated heterocycles. The van der Waals surface area contributed by atoms with E-state index in [-0.39, 0.29) is 5.91 Å². The molecular formula is C19H19N3O3. The molecule has 0 bridgehead atoms. The number of carbonyl (C=O) groups is 1. The number of amides is 1. The Morgan fingerprint density at radius 1 is 1.08 bits per heavy atom. The zero-order valence-corrected chi connectivity index (χ0v) is 13.9. The maximum absolute atomic E-state index is 11.9. The second kappa shape index (κ2) is 8.10. The molecule has 0 unspecified atom stereocenters. The number of hydrogen-bond acceptors (Lipinski definition) is 5. The second-order valence-electron chi connectivity index (χ2n) is 5.49. The number of hydrogen-bond donors (Lipinski definition) is 1. The van der Waals surface area contributed by atoms with E-state index in [9.17, 15) is 4.79 Å². The fraction of sp³-hybridized carbons (Fsp3) is 0.211. The van der Waals surface area contributed by atoms with Gasteiger partial charge in [-0.2, -0.15) is 0 Å². The van der Waals surface area contributed by atoms with Gasteiger partial charge in [-0.05, 0) is 29.8 Å². The standard InChI is InChI=1S/C19H19N3O3/c1-24-16-9-7-15(8-10-16)19-22-21-18(25-19)11-12-20-17(23)13-14-5-3-2-4-6-14/h2-10H,11-13H2,1H3,(H,20,23). The van der Waals surface area contributed by atoms with Crippen molar-refractivity contribution in [2.75, 3.05) is 13.7 Å². The molecule has 128 valence electrons. The summed E-state index contributed by atoms with van der Waals surface area (Å²) in [5.41, 5.74) is 1.81. The Morgan fingerprint density at radius 3 is 2.56 bits per heavy atom. The highest BCUT2D eigenvalue weighted by molar-refractivity contribution is 5.78. The van der Waals surface area contributed by atoms with Crippen molar-refractivity contribution in [2.45, 2.75) is 12.8 Å². The number of carbonyl (C=O) groups excluding carboxylic acids is 1. The second-order valence-corrected chi connectivity index (χ2v) is 5.49.